The van der Waals surface area contributed by atoms with Crippen molar-refractivity contribution >= 4 is 34.3 Å². The van der Waals surface area contributed by atoms with Gasteiger partial charge in [0.15, 0.2) is 0 Å². The number of aryl methyl sites for hydroxylation is 1. The number of hydrogen-bond donors (Lipinski definition) is 1. The van der Waals surface area contributed by atoms with Crippen molar-refractivity contribution < 1.29 is 9.90 Å². The highest BCUT2D eigenvalue weighted by Gasteiger charge is 2.18. The topological polar surface area (TPSA) is 58.4 Å². The molecule has 0 saturated carbocycles. The van der Waals surface area contributed by atoms with E-state index in [1.165, 1.54) is 16.0 Å². The Labute approximate surface area is 162 Å². The van der Waals surface area contributed by atoms with E-state index in [0.717, 1.165) is 33.6 Å². The summed E-state index contributed by atoms with van der Waals surface area (Å²) < 4.78 is 2.00. The van der Waals surface area contributed by atoms with Gasteiger partial charge in [-0.3, -0.25) is 0 Å². The molecule has 138 valence electrons. The smallest absolute Gasteiger partial charge is 0.407 e. The summed E-state index contributed by atoms with van der Waals surface area (Å²) in [5.74, 6) is 0. The summed E-state index contributed by atoms with van der Waals surface area (Å²) >= 11 is 1.64. The molecule has 4 rings (SSSR count). The highest BCUT2D eigenvalue weighted by Crippen LogP contribution is 2.32. The first-order valence-electron chi connectivity index (χ1n) is 8.88. The molecule has 0 spiro atoms. The largest absolute Gasteiger partial charge is 0.465 e. The Morgan fingerprint density at radius 3 is 2.74 bits per heavy atom. The van der Waals surface area contributed by atoms with E-state index >= 15 is 0 Å². The molecule has 1 aliphatic rings. The normalized spacial score (nSPS) is 14.4. The minimum absolute atomic E-state index is 0.440. The lowest BCUT2D eigenvalue weighted by Crippen LogP contribution is -2.33. The van der Waals surface area contributed by atoms with Gasteiger partial charge < -0.3 is 10.0 Å². The molecule has 1 N–H and O–H groups in total. The van der Waals surface area contributed by atoms with E-state index in [-0.39, 0.29) is 0 Å². The summed E-state index contributed by atoms with van der Waals surface area (Å²) in [5, 5.41) is 16.1. The van der Waals surface area contributed by atoms with Gasteiger partial charge >= 0.3 is 6.09 Å². The maximum Gasteiger partial charge on any atom is 0.407 e. The van der Waals surface area contributed by atoms with E-state index in [0.29, 0.717) is 13.1 Å². The maximum absolute atomic E-state index is 11.1. The number of benzene rings is 2. The number of thioether (sulfide) groups is 1. The molecule has 1 aromatic heterocycles. The molecule has 0 unspecified atom stereocenters. The molecule has 0 aliphatic carbocycles. The third kappa shape index (κ3) is 3.32. The molecule has 0 saturated heterocycles. The molecule has 27 heavy (non-hydrogen) atoms. The minimum atomic E-state index is -0.858. The number of hydrogen-bond acceptors (Lipinski definition) is 3. The molecule has 0 bridgehead atoms. The van der Waals surface area contributed by atoms with E-state index < -0.39 is 6.09 Å². The number of fused-ring (bicyclic) bond motifs is 1. The summed E-state index contributed by atoms with van der Waals surface area (Å²) in [7, 11) is 0. The third-order valence-corrected chi connectivity index (χ3v) is 5.63. The number of carboxylic acid groups (broad SMARTS) is 1. The van der Waals surface area contributed by atoms with Crippen molar-refractivity contribution in [3.8, 4) is 5.69 Å². The van der Waals surface area contributed by atoms with Crippen LogP contribution in [0.25, 0.3) is 22.2 Å². The van der Waals surface area contributed by atoms with E-state index in [4.69, 9.17) is 10.2 Å². The Morgan fingerprint density at radius 2 is 2.07 bits per heavy atom. The van der Waals surface area contributed by atoms with Crippen molar-refractivity contribution in [2.45, 2.75) is 18.4 Å². The molecule has 1 aliphatic heterocycles. The van der Waals surface area contributed by atoms with E-state index in [2.05, 4.69) is 43.3 Å². The first-order chi connectivity index (χ1) is 13.1. The molecule has 5 nitrogen and oxygen atoms in total. The van der Waals surface area contributed by atoms with Crippen molar-refractivity contribution in [1.82, 2.24) is 14.7 Å². The summed E-state index contributed by atoms with van der Waals surface area (Å²) in [5.41, 5.74) is 5.64. The van der Waals surface area contributed by atoms with Crippen LogP contribution in [0.4, 0.5) is 4.79 Å². The second-order valence-corrected chi connectivity index (χ2v) is 7.49. The molecule has 1 amide bonds. The summed E-state index contributed by atoms with van der Waals surface area (Å²) in [6, 6.07) is 14.7. The molecule has 3 aromatic rings. The van der Waals surface area contributed by atoms with Crippen molar-refractivity contribution in [3.05, 3.63) is 59.7 Å². The molecule has 0 atom stereocenters. The number of nitrogens with zero attached hydrogens (tertiary/aromatic N) is 3. The standard InChI is InChI=1S/C21H21N3O2S/c1-14-4-3-5-17(12-14)24-19-13-16(6-7-18(19)20(22-24)27-2)15-8-10-23(11-9-15)21(25)26/h3-8,12-13H,9-11H2,1-2H3,(H,25,26). The zero-order valence-electron chi connectivity index (χ0n) is 15.3. The lowest BCUT2D eigenvalue weighted by molar-refractivity contribution is 0.150. The van der Waals surface area contributed by atoms with Crippen LogP contribution in [0.15, 0.2) is 53.6 Å². The van der Waals surface area contributed by atoms with Gasteiger partial charge in [-0.25, -0.2) is 9.48 Å². The van der Waals surface area contributed by atoms with Crippen LogP contribution in [0.5, 0.6) is 0 Å². The lowest BCUT2D eigenvalue weighted by atomic mass is 9.98. The van der Waals surface area contributed by atoms with Gasteiger partial charge in [-0.2, -0.15) is 5.10 Å². The Hall–Kier alpha value is -2.73. The fourth-order valence-electron chi connectivity index (χ4n) is 3.50. The number of rotatable bonds is 3. The predicted molar refractivity (Wildman–Crippen MR) is 110 cm³/mol. The summed E-state index contributed by atoms with van der Waals surface area (Å²) in [6.07, 6.45) is 3.93. The van der Waals surface area contributed by atoms with Gasteiger partial charge in [-0.1, -0.05) is 24.3 Å². The number of carbonyl (C=O) groups is 1. The van der Waals surface area contributed by atoms with Crippen LogP contribution >= 0.6 is 11.8 Å². The highest BCUT2D eigenvalue weighted by atomic mass is 32.2. The van der Waals surface area contributed by atoms with Crippen LogP contribution in [0, 0.1) is 6.92 Å². The second-order valence-electron chi connectivity index (χ2n) is 6.70. The highest BCUT2D eigenvalue weighted by molar-refractivity contribution is 7.98. The molecule has 0 radical (unpaired) electrons. The van der Waals surface area contributed by atoms with Gasteiger partial charge in [0.2, 0.25) is 0 Å². The van der Waals surface area contributed by atoms with Crippen molar-refractivity contribution in [2.24, 2.45) is 0 Å². The Bertz CT molecular complexity index is 1050. The van der Waals surface area contributed by atoms with E-state index in [1.54, 1.807) is 11.8 Å². The Balaban J connectivity index is 1.80. The quantitative estimate of drug-likeness (QED) is 0.663. The SMILES string of the molecule is CSc1nn(-c2cccc(C)c2)c2cc(C3=CCN(C(=O)O)CC3)ccc12. The third-order valence-electron chi connectivity index (χ3n) is 4.94. The van der Waals surface area contributed by atoms with Crippen LogP contribution in [0.1, 0.15) is 17.5 Å². The summed E-state index contributed by atoms with van der Waals surface area (Å²) in [6.45, 7) is 3.06. The second kappa shape index (κ2) is 7.12. The van der Waals surface area contributed by atoms with Crippen molar-refractivity contribution in [2.75, 3.05) is 19.3 Å². The Kier molecular flexibility index (Phi) is 4.66. The molecule has 2 aromatic carbocycles. The maximum atomic E-state index is 11.1. The summed E-state index contributed by atoms with van der Waals surface area (Å²) in [4.78, 5) is 12.6. The van der Waals surface area contributed by atoms with Crippen molar-refractivity contribution in [1.29, 1.82) is 0 Å². The Morgan fingerprint density at radius 1 is 1.22 bits per heavy atom. The average molecular weight is 379 g/mol. The molecular weight excluding hydrogens is 358 g/mol. The lowest BCUT2D eigenvalue weighted by Gasteiger charge is -2.23. The van der Waals surface area contributed by atoms with Gasteiger partial charge in [-0.15, -0.1) is 11.8 Å². The van der Waals surface area contributed by atoms with Crippen LogP contribution < -0.4 is 0 Å². The molecule has 0 fully saturated rings. The first kappa shape index (κ1) is 17.7. The molecular formula is C21H21N3O2S. The zero-order valence-corrected chi connectivity index (χ0v) is 16.2. The van der Waals surface area contributed by atoms with Gasteiger partial charge in [0.05, 0.1) is 11.2 Å². The number of amides is 1. The zero-order chi connectivity index (χ0) is 19.0. The van der Waals surface area contributed by atoms with Crippen LogP contribution in [-0.2, 0) is 0 Å². The van der Waals surface area contributed by atoms with Crippen LogP contribution in [0.3, 0.4) is 0 Å². The van der Waals surface area contributed by atoms with E-state index in [9.17, 15) is 4.79 Å². The van der Waals surface area contributed by atoms with Gasteiger partial charge in [-0.05, 0) is 60.6 Å². The first-order valence-corrected chi connectivity index (χ1v) is 10.1. The van der Waals surface area contributed by atoms with Gasteiger partial charge in [0, 0.05) is 18.5 Å². The van der Waals surface area contributed by atoms with E-state index in [1.807, 2.05) is 23.1 Å². The molecule has 6 heteroatoms. The average Bonchev–Trinajstić information content (AvgIpc) is 3.06. The minimum Gasteiger partial charge on any atom is -0.465 e. The van der Waals surface area contributed by atoms with Crippen molar-refractivity contribution in [3.63, 3.8) is 0 Å². The number of aromatic nitrogens is 2. The fourth-order valence-corrected chi connectivity index (χ4v) is 4.05. The monoisotopic (exact) mass is 379 g/mol. The fraction of sp³-hybridized carbons (Fsp3) is 0.238. The van der Waals surface area contributed by atoms with Gasteiger partial charge in [0.1, 0.15) is 5.03 Å². The predicted octanol–water partition coefficient (Wildman–Crippen LogP) is 4.82. The molecule has 2 heterocycles. The van der Waals surface area contributed by atoms with Crippen LogP contribution in [-0.4, -0.2) is 45.2 Å². The van der Waals surface area contributed by atoms with Crippen LogP contribution in [0.2, 0.25) is 0 Å². The van der Waals surface area contributed by atoms with Gasteiger partial charge in [0.25, 0.3) is 0 Å².